The van der Waals surface area contributed by atoms with Gasteiger partial charge in [-0.3, -0.25) is 14.5 Å². The Morgan fingerprint density at radius 3 is 2.54 bits per heavy atom. The summed E-state index contributed by atoms with van der Waals surface area (Å²) in [6, 6.07) is 3.59. The first-order valence-corrected chi connectivity index (χ1v) is 8.89. The monoisotopic (exact) mass is 392 g/mol. The van der Waals surface area contributed by atoms with Crippen molar-refractivity contribution in [3.8, 4) is 0 Å². The van der Waals surface area contributed by atoms with Crippen molar-refractivity contribution in [1.82, 2.24) is 10.6 Å². The second-order valence-corrected chi connectivity index (χ2v) is 6.55. The van der Waals surface area contributed by atoms with E-state index in [0.29, 0.717) is 17.8 Å². The van der Waals surface area contributed by atoms with E-state index < -0.39 is 36.6 Å². The van der Waals surface area contributed by atoms with Crippen LogP contribution in [0.5, 0.6) is 0 Å². The number of hydrogen-bond donors (Lipinski definition) is 5. The number of amides is 4. The van der Waals surface area contributed by atoms with Crippen LogP contribution in [0, 0.1) is 5.92 Å². The third kappa shape index (κ3) is 4.77. The molecule has 0 unspecified atom stereocenters. The first-order valence-electron chi connectivity index (χ1n) is 8.89. The standard InChI is InChI=1S/C18H24N4O6/c1-3-10(2)15(16(25)20-12(9-23)17(26)27)21-18(28)22-8-14(24)19-11-6-4-5-7-13(11)22/h4-7,10,12,15,23H,3,8-9H2,1-2H3,(H,19,24)(H,20,25)(H,21,28)(H,26,27)/t10-,12-,15-/m0/s1. The molecule has 2 rings (SSSR count). The predicted octanol–water partition coefficient (Wildman–Crippen LogP) is 0.131. The SMILES string of the molecule is CC[C@H](C)[C@H](NC(=O)N1CC(=O)Nc2ccccc21)C(=O)N[C@@H](CO)C(=O)O. The number of urea groups is 1. The third-order valence-corrected chi connectivity index (χ3v) is 4.59. The molecular weight excluding hydrogens is 368 g/mol. The van der Waals surface area contributed by atoms with E-state index in [-0.39, 0.29) is 18.4 Å². The maximum Gasteiger partial charge on any atom is 0.328 e. The Bertz CT molecular complexity index is 768. The van der Waals surface area contributed by atoms with Crippen LogP contribution in [-0.2, 0) is 14.4 Å². The fourth-order valence-corrected chi connectivity index (χ4v) is 2.77. The minimum Gasteiger partial charge on any atom is -0.480 e. The minimum absolute atomic E-state index is 0.216. The number of nitrogens with zero attached hydrogens (tertiary/aromatic N) is 1. The number of fused-ring (bicyclic) bond motifs is 1. The summed E-state index contributed by atoms with van der Waals surface area (Å²) in [6.07, 6.45) is 0.534. The van der Waals surface area contributed by atoms with Gasteiger partial charge in [-0.1, -0.05) is 32.4 Å². The molecule has 28 heavy (non-hydrogen) atoms. The maximum atomic E-state index is 12.8. The van der Waals surface area contributed by atoms with Crippen molar-refractivity contribution in [3.05, 3.63) is 24.3 Å². The van der Waals surface area contributed by atoms with E-state index in [1.807, 2.05) is 6.92 Å². The number of hydrogen-bond acceptors (Lipinski definition) is 5. The first-order chi connectivity index (χ1) is 13.3. The number of aliphatic carboxylic acids is 1. The van der Waals surface area contributed by atoms with E-state index in [1.165, 1.54) is 4.90 Å². The molecule has 4 amide bonds. The van der Waals surface area contributed by atoms with Gasteiger partial charge in [0.05, 0.1) is 18.0 Å². The summed E-state index contributed by atoms with van der Waals surface area (Å²) >= 11 is 0. The molecule has 1 aliphatic rings. The Morgan fingerprint density at radius 1 is 1.25 bits per heavy atom. The maximum absolute atomic E-state index is 12.8. The van der Waals surface area contributed by atoms with E-state index in [0.717, 1.165) is 0 Å². The summed E-state index contributed by atoms with van der Waals surface area (Å²) in [4.78, 5) is 49.5. The minimum atomic E-state index is -1.47. The molecule has 0 spiro atoms. The van der Waals surface area contributed by atoms with Crippen LogP contribution in [0.4, 0.5) is 16.2 Å². The largest absolute Gasteiger partial charge is 0.480 e. The van der Waals surface area contributed by atoms with Crippen molar-refractivity contribution in [1.29, 1.82) is 0 Å². The molecule has 3 atom stereocenters. The number of aliphatic hydroxyl groups excluding tert-OH is 1. The number of nitrogens with one attached hydrogen (secondary N) is 3. The Labute approximate surface area is 161 Å². The zero-order valence-electron chi connectivity index (χ0n) is 15.6. The molecule has 1 heterocycles. The van der Waals surface area contributed by atoms with Crippen LogP contribution in [0.3, 0.4) is 0 Å². The van der Waals surface area contributed by atoms with Crippen molar-refractivity contribution >= 4 is 35.2 Å². The molecule has 1 aliphatic heterocycles. The highest BCUT2D eigenvalue weighted by atomic mass is 16.4. The van der Waals surface area contributed by atoms with E-state index in [2.05, 4.69) is 16.0 Å². The number of carbonyl (C=O) groups is 4. The van der Waals surface area contributed by atoms with Crippen molar-refractivity contribution in [2.45, 2.75) is 32.4 Å². The zero-order valence-corrected chi connectivity index (χ0v) is 15.6. The quantitative estimate of drug-likeness (QED) is 0.445. The van der Waals surface area contributed by atoms with Gasteiger partial charge in [0.15, 0.2) is 0 Å². The fraction of sp³-hybridized carbons (Fsp3) is 0.444. The molecule has 0 radical (unpaired) electrons. The molecule has 0 saturated heterocycles. The van der Waals surface area contributed by atoms with Gasteiger partial charge in [0, 0.05) is 0 Å². The van der Waals surface area contributed by atoms with Gasteiger partial charge in [0.25, 0.3) is 0 Å². The number of benzene rings is 1. The number of carboxylic acids is 1. The van der Waals surface area contributed by atoms with Crippen LogP contribution in [0.25, 0.3) is 0 Å². The number of anilines is 2. The van der Waals surface area contributed by atoms with Gasteiger partial charge < -0.3 is 26.2 Å². The average molecular weight is 392 g/mol. The van der Waals surface area contributed by atoms with Gasteiger partial charge in [0.1, 0.15) is 18.6 Å². The van der Waals surface area contributed by atoms with Gasteiger partial charge in [-0.25, -0.2) is 9.59 Å². The highest BCUT2D eigenvalue weighted by Gasteiger charge is 2.33. The molecule has 0 bridgehead atoms. The number of rotatable bonds is 7. The topological polar surface area (TPSA) is 148 Å². The summed E-state index contributed by atoms with van der Waals surface area (Å²) in [5.74, 6) is -2.79. The Hall–Kier alpha value is -3.14. The zero-order chi connectivity index (χ0) is 20.8. The number of carboxylic acid groups (broad SMARTS) is 1. The average Bonchev–Trinajstić information content (AvgIpc) is 2.68. The molecule has 0 aliphatic carbocycles. The fourth-order valence-electron chi connectivity index (χ4n) is 2.77. The second-order valence-electron chi connectivity index (χ2n) is 6.55. The molecule has 1 aromatic rings. The van der Waals surface area contributed by atoms with Crippen LogP contribution in [0.1, 0.15) is 20.3 Å². The Morgan fingerprint density at radius 2 is 1.93 bits per heavy atom. The van der Waals surface area contributed by atoms with Gasteiger partial charge in [0.2, 0.25) is 11.8 Å². The summed E-state index contributed by atoms with van der Waals surface area (Å²) in [6.45, 7) is 2.56. The van der Waals surface area contributed by atoms with Crippen molar-refractivity contribution < 1.29 is 29.4 Å². The van der Waals surface area contributed by atoms with Gasteiger partial charge in [-0.2, -0.15) is 0 Å². The highest BCUT2D eigenvalue weighted by Crippen LogP contribution is 2.29. The van der Waals surface area contributed by atoms with Crippen molar-refractivity contribution in [3.63, 3.8) is 0 Å². The van der Waals surface area contributed by atoms with E-state index in [1.54, 1.807) is 31.2 Å². The lowest BCUT2D eigenvalue weighted by atomic mass is 9.98. The van der Waals surface area contributed by atoms with Crippen molar-refractivity contribution in [2.75, 3.05) is 23.4 Å². The highest BCUT2D eigenvalue weighted by molar-refractivity contribution is 6.10. The molecule has 152 valence electrons. The lowest BCUT2D eigenvalue weighted by Crippen LogP contribution is -2.58. The summed E-state index contributed by atoms with van der Waals surface area (Å²) in [7, 11) is 0. The van der Waals surface area contributed by atoms with Gasteiger partial charge in [-0.15, -0.1) is 0 Å². The molecule has 10 heteroatoms. The van der Waals surface area contributed by atoms with Gasteiger partial charge >= 0.3 is 12.0 Å². The number of aliphatic hydroxyl groups is 1. The predicted molar refractivity (Wildman–Crippen MR) is 101 cm³/mol. The van der Waals surface area contributed by atoms with Crippen LogP contribution >= 0.6 is 0 Å². The Balaban J connectivity index is 2.20. The molecule has 0 fully saturated rings. The molecular formula is C18H24N4O6. The molecule has 1 aromatic carbocycles. The lowest BCUT2D eigenvalue weighted by Gasteiger charge is -2.32. The van der Waals surface area contributed by atoms with Gasteiger partial charge in [-0.05, 0) is 18.1 Å². The second kappa shape index (κ2) is 9.18. The third-order valence-electron chi connectivity index (χ3n) is 4.59. The first kappa shape index (κ1) is 21.2. The van der Waals surface area contributed by atoms with E-state index >= 15 is 0 Å². The van der Waals surface area contributed by atoms with E-state index in [9.17, 15) is 19.2 Å². The molecule has 0 aromatic heterocycles. The molecule has 5 N–H and O–H groups in total. The van der Waals surface area contributed by atoms with Crippen LogP contribution in [0.2, 0.25) is 0 Å². The smallest absolute Gasteiger partial charge is 0.328 e. The van der Waals surface area contributed by atoms with Crippen LogP contribution in [-0.4, -0.2) is 59.3 Å². The summed E-state index contributed by atoms with van der Waals surface area (Å²) in [5, 5.41) is 25.6. The van der Waals surface area contributed by atoms with Crippen molar-refractivity contribution in [2.24, 2.45) is 5.92 Å². The normalized spacial score (nSPS) is 16.2. The molecule has 10 nitrogen and oxygen atoms in total. The number of carbonyl (C=O) groups excluding carboxylic acids is 3. The number of para-hydroxylation sites is 2. The molecule has 0 saturated carbocycles. The lowest BCUT2D eigenvalue weighted by molar-refractivity contribution is -0.143. The summed E-state index contributed by atoms with van der Waals surface area (Å²) < 4.78 is 0. The van der Waals surface area contributed by atoms with Crippen LogP contribution < -0.4 is 20.9 Å². The summed E-state index contributed by atoms with van der Waals surface area (Å²) in [5.41, 5.74) is 0.964. The Kier molecular flexibility index (Phi) is 6.94. The van der Waals surface area contributed by atoms with Crippen LogP contribution in [0.15, 0.2) is 24.3 Å². The van der Waals surface area contributed by atoms with E-state index in [4.69, 9.17) is 10.2 Å².